The van der Waals surface area contributed by atoms with E-state index in [-0.39, 0.29) is 0 Å². The summed E-state index contributed by atoms with van der Waals surface area (Å²) in [5, 5.41) is 10.00. The molecular formula is C13H11BrFNO. The lowest BCUT2D eigenvalue weighted by molar-refractivity contribution is 0.173. The zero-order valence-electron chi connectivity index (χ0n) is 8.98. The zero-order chi connectivity index (χ0) is 12.3. The van der Waals surface area contributed by atoms with Crippen molar-refractivity contribution in [3.05, 3.63) is 64.1 Å². The molecule has 0 aliphatic heterocycles. The van der Waals surface area contributed by atoms with Gasteiger partial charge in [-0.1, -0.05) is 12.1 Å². The summed E-state index contributed by atoms with van der Waals surface area (Å²) in [5.74, 6) is -0.408. The summed E-state index contributed by atoms with van der Waals surface area (Å²) in [6.07, 6.45) is 2.82. The summed E-state index contributed by atoms with van der Waals surface area (Å²) < 4.78 is 14.1. The molecule has 0 bridgehead atoms. The number of pyridine rings is 1. The summed E-state index contributed by atoms with van der Waals surface area (Å²) in [7, 11) is 0. The molecule has 1 N–H and O–H groups in total. The van der Waals surface area contributed by atoms with Crippen LogP contribution in [0, 0.1) is 5.82 Å². The van der Waals surface area contributed by atoms with Gasteiger partial charge in [0, 0.05) is 24.4 Å². The fourth-order valence-electron chi connectivity index (χ4n) is 1.63. The molecule has 1 atom stereocenters. The standard InChI is InChI=1S/C13H11BrFNO/c14-11-3-1-2-10(13(11)15)12(17)8-9-4-6-16-7-5-9/h1-7,12,17H,8H2. The van der Waals surface area contributed by atoms with Crippen molar-refractivity contribution in [2.24, 2.45) is 0 Å². The van der Waals surface area contributed by atoms with Gasteiger partial charge in [0.2, 0.25) is 0 Å². The molecule has 0 fully saturated rings. The molecule has 0 amide bonds. The monoisotopic (exact) mass is 295 g/mol. The predicted molar refractivity (Wildman–Crippen MR) is 67.0 cm³/mol. The number of hydrogen-bond donors (Lipinski definition) is 1. The van der Waals surface area contributed by atoms with Gasteiger partial charge in [-0.2, -0.15) is 0 Å². The maximum atomic E-state index is 13.7. The molecule has 0 aliphatic rings. The molecule has 88 valence electrons. The lowest BCUT2D eigenvalue weighted by Gasteiger charge is -2.12. The second-order valence-corrected chi connectivity index (χ2v) is 4.57. The van der Waals surface area contributed by atoms with Gasteiger partial charge in [-0.15, -0.1) is 0 Å². The van der Waals surface area contributed by atoms with Crippen molar-refractivity contribution >= 4 is 15.9 Å². The van der Waals surface area contributed by atoms with E-state index in [0.29, 0.717) is 16.5 Å². The van der Waals surface area contributed by atoms with Crippen LogP contribution in [0.15, 0.2) is 47.2 Å². The summed E-state index contributed by atoms with van der Waals surface area (Å²) in [6, 6.07) is 8.51. The number of nitrogens with zero attached hydrogens (tertiary/aromatic N) is 1. The SMILES string of the molecule is OC(Cc1ccncc1)c1cccc(Br)c1F. The first kappa shape index (κ1) is 12.2. The molecule has 2 nitrogen and oxygen atoms in total. The van der Waals surface area contributed by atoms with Crippen LogP contribution in [-0.2, 0) is 6.42 Å². The Morgan fingerprint density at radius 3 is 2.65 bits per heavy atom. The van der Waals surface area contributed by atoms with Crippen molar-refractivity contribution in [2.75, 3.05) is 0 Å². The second-order valence-electron chi connectivity index (χ2n) is 3.72. The molecule has 2 aromatic rings. The molecule has 0 saturated carbocycles. The van der Waals surface area contributed by atoms with Crippen molar-refractivity contribution in [3.8, 4) is 0 Å². The maximum absolute atomic E-state index is 13.7. The Morgan fingerprint density at radius 2 is 1.94 bits per heavy atom. The fraction of sp³-hybridized carbons (Fsp3) is 0.154. The van der Waals surface area contributed by atoms with E-state index in [1.54, 1.807) is 42.7 Å². The summed E-state index contributed by atoms with van der Waals surface area (Å²) in [4.78, 5) is 3.89. The van der Waals surface area contributed by atoms with Crippen LogP contribution in [-0.4, -0.2) is 10.1 Å². The van der Waals surface area contributed by atoms with E-state index in [0.717, 1.165) is 5.56 Å². The first-order chi connectivity index (χ1) is 8.18. The summed E-state index contributed by atoms with van der Waals surface area (Å²) in [6.45, 7) is 0. The molecule has 0 saturated heterocycles. The van der Waals surface area contributed by atoms with Gasteiger partial charge in [0.1, 0.15) is 5.82 Å². The van der Waals surface area contributed by atoms with Gasteiger partial charge in [0.15, 0.2) is 0 Å². The van der Waals surface area contributed by atoms with Gasteiger partial charge in [0.25, 0.3) is 0 Å². The van der Waals surface area contributed by atoms with Crippen molar-refractivity contribution in [3.63, 3.8) is 0 Å². The molecule has 0 radical (unpaired) electrons. The quantitative estimate of drug-likeness (QED) is 0.943. The molecule has 1 unspecified atom stereocenters. The van der Waals surface area contributed by atoms with Gasteiger partial charge in [0.05, 0.1) is 10.6 Å². The minimum Gasteiger partial charge on any atom is -0.388 e. The van der Waals surface area contributed by atoms with Crippen LogP contribution in [0.1, 0.15) is 17.2 Å². The highest BCUT2D eigenvalue weighted by Crippen LogP contribution is 2.25. The Morgan fingerprint density at radius 1 is 1.24 bits per heavy atom. The third-order valence-electron chi connectivity index (χ3n) is 2.52. The van der Waals surface area contributed by atoms with Crippen molar-refractivity contribution in [2.45, 2.75) is 12.5 Å². The molecule has 2 rings (SSSR count). The minimum absolute atomic E-state index is 0.302. The van der Waals surface area contributed by atoms with Crippen LogP contribution in [0.3, 0.4) is 0 Å². The first-order valence-electron chi connectivity index (χ1n) is 5.19. The largest absolute Gasteiger partial charge is 0.388 e. The number of aromatic nitrogens is 1. The third kappa shape index (κ3) is 2.90. The maximum Gasteiger partial charge on any atom is 0.143 e. The molecule has 17 heavy (non-hydrogen) atoms. The van der Waals surface area contributed by atoms with Gasteiger partial charge < -0.3 is 5.11 Å². The molecule has 0 spiro atoms. The number of benzene rings is 1. The van der Waals surface area contributed by atoms with E-state index in [9.17, 15) is 9.50 Å². The number of halogens is 2. The highest BCUT2D eigenvalue weighted by Gasteiger charge is 2.15. The average Bonchev–Trinajstić information content (AvgIpc) is 2.34. The minimum atomic E-state index is -0.852. The van der Waals surface area contributed by atoms with Gasteiger partial charge in [-0.05, 0) is 39.7 Å². The molecule has 1 aromatic heterocycles. The van der Waals surface area contributed by atoms with E-state index in [4.69, 9.17) is 0 Å². The van der Waals surface area contributed by atoms with E-state index in [1.807, 2.05) is 0 Å². The number of aliphatic hydroxyl groups excluding tert-OH is 1. The molecule has 4 heteroatoms. The number of rotatable bonds is 3. The van der Waals surface area contributed by atoms with Crippen LogP contribution in [0.4, 0.5) is 4.39 Å². The Hall–Kier alpha value is -1.26. The fourth-order valence-corrected chi connectivity index (χ4v) is 2.01. The van der Waals surface area contributed by atoms with Crippen molar-refractivity contribution < 1.29 is 9.50 Å². The van der Waals surface area contributed by atoms with Crippen molar-refractivity contribution in [1.82, 2.24) is 4.98 Å². The van der Waals surface area contributed by atoms with Gasteiger partial charge >= 0.3 is 0 Å². The van der Waals surface area contributed by atoms with E-state index in [2.05, 4.69) is 20.9 Å². The highest BCUT2D eigenvalue weighted by molar-refractivity contribution is 9.10. The predicted octanol–water partition coefficient (Wildman–Crippen LogP) is 3.26. The Labute approximate surface area is 107 Å². The number of hydrogen-bond acceptors (Lipinski definition) is 2. The molecule has 0 aliphatic carbocycles. The lowest BCUT2D eigenvalue weighted by atomic mass is 10.0. The zero-order valence-corrected chi connectivity index (χ0v) is 10.6. The smallest absolute Gasteiger partial charge is 0.143 e. The average molecular weight is 296 g/mol. The lowest BCUT2D eigenvalue weighted by Crippen LogP contribution is -2.04. The van der Waals surface area contributed by atoms with E-state index >= 15 is 0 Å². The highest BCUT2D eigenvalue weighted by atomic mass is 79.9. The summed E-state index contributed by atoms with van der Waals surface area (Å²) in [5.41, 5.74) is 1.23. The van der Waals surface area contributed by atoms with Crippen LogP contribution < -0.4 is 0 Å². The Bertz CT molecular complexity index is 504. The van der Waals surface area contributed by atoms with Crippen LogP contribution in [0.25, 0.3) is 0 Å². The van der Waals surface area contributed by atoms with Gasteiger partial charge in [-0.25, -0.2) is 4.39 Å². The Balaban J connectivity index is 2.20. The topological polar surface area (TPSA) is 33.1 Å². The molecule has 1 heterocycles. The molecular weight excluding hydrogens is 285 g/mol. The van der Waals surface area contributed by atoms with Crippen LogP contribution >= 0.6 is 15.9 Å². The normalized spacial score (nSPS) is 12.4. The summed E-state index contributed by atoms with van der Waals surface area (Å²) >= 11 is 3.10. The van der Waals surface area contributed by atoms with Crippen LogP contribution in [0.5, 0.6) is 0 Å². The van der Waals surface area contributed by atoms with Crippen molar-refractivity contribution in [1.29, 1.82) is 0 Å². The first-order valence-corrected chi connectivity index (χ1v) is 5.98. The van der Waals surface area contributed by atoms with Crippen LogP contribution in [0.2, 0.25) is 0 Å². The third-order valence-corrected chi connectivity index (χ3v) is 3.13. The Kier molecular flexibility index (Phi) is 3.86. The second kappa shape index (κ2) is 5.38. The molecule has 1 aromatic carbocycles. The van der Waals surface area contributed by atoms with E-state index in [1.165, 1.54) is 0 Å². The van der Waals surface area contributed by atoms with E-state index < -0.39 is 11.9 Å². The number of aliphatic hydroxyl groups is 1. The van der Waals surface area contributed by atoms with Gasteiger partial charge in [-0.3, -0.25) is 4.98 Å².